The number of halogens is 1. The number of hydrogen-bond donors (Lipinski definition) is 2. The number of rotatable bonds is 3. The molecule has 0 saturated heterocycles. The van der Waals surface area contributed by atoms with Crippen molar-refractivity contribution in [2.24, 2.45) is 0 Å². The topological polar surface area (TPSA) is 66.4 Å². The van der Waals surface area contributed by atoms with Crippen LogP contribution in [0, 0.1) is 11.8 Å². The first kappa shape index (κ1) is 15.4. The lowest BCUT2D eigenvalue weighted by atomic mass is 10.2. The van der Waals surface area contributed by atoms with Crippen LogP contribution in [-0.2, 0) is 10.0 Å². The third kappa shape index (κ3) is 3.99. The van der Waals surface area contributed by atoms with Gasteiger partial charge in [0.1, 0.15) is 6.61 Å². The van der Waals surface area contributed by atoms with Gasteiger partial charge in [-0.15, -0.1) is 0 Å². The van der Waals surface area contributed by atoms with Gasteiger partial charge in [-0.1, -0.05) is 41.6 Å². The molecule has 108 valence electrons. The van der Waals surface area contributed by atoms with Crippen LogP contribution in [0.4, 0.5) is 5.69 Å². The molecule has 0 spiro atoms. The highest BCUT2D eigenvalue weighted by atomic mass is 35.5. The molecule has 0 aromatic heterocycles. The Morgan fingerprint density at radius 3 is 2.62 bits per heavy atom. The van der Waals surface area contributed by atoms with Gasteiger partial charge in [-0.05, 0) is 30.3 Å². The average molecular weight is 322 g/mol. The SMILES string of the molecule is O=S(=O)(Nc1ccccc1C#CCO)c1cccc(Cl)c1. The van der Waals surface area contributed by atoms with E-state index in [9.17, 15) is 8.42 Å². The van der Waals surface area contributed by atoms with Gasteiger partial charge in [-0.25, -0.2) is 8.42 Å². The second-order valence-electron chi connectivity index (χ2n) is 4.07. The summed E-state index contributed by atoms with van der Waals surface area (Å²) in [6.45, 7) is -0.296. The zero-order valence-corrected chi connectivity index (χ0v) is 12.4. The minimum absolute atomic E-state index is 0.0694. The van der Waals surface area contributed by atoms with Crippen LogP contribution in [0.2, 0.25) is 5.02 Å². The Hall–Kier alpha value is -2.00. The molecule has 0 heterocycles. The molecule has 2 rings (SSSR count). The number of benzene rings is 2. The Morgan fingerprint density at radius 2 is 1.90 bits per heavy atom. The van der Waals surface area contributed by atoms with Crippen molar-refractivity contribution < 1.29 is 13.5 Å². The van der Waals surface area contributed by atoms with E-state index >= 15 is 0 Å². The van der Waals surface area contributed by atoms with E-state index in [1.54, 1.807) is 36.4 Å². The van der Waals surface area contributed by atoms with Crippen molar-refractivity contribution in [1.82, 2.24) is 0 Å². The second kappa shape index (κ2) is 6.64. The third-order valence-corrected chi connectivity index (χ3v) is 4.18. The van der Waals surface area contributed by atoms with Crippen LogP contribution >= 0.6 is 11.6 Å². The summed E-state index contributed by atoms with van der Waals surface area (Å²) in [5.74, 6) is 5.18. The van der Waals surface area contributed by atoms with Crippen LogP contribution < -0.4 is 4.72 Å². The van der Waals surface area contributed by atoms with Gasteiger partial charge in [0.25, 0.3) is 10.0 Å². The minimum atomic E-state index is -3.75. The van der Waals surface area contributed by atoms with Gasteiger partial charge in [-0.2, -0.15) is 0 Å². The summed E-state index contributed by atoms with van der Waals surface area (Å²) in [4.78, 5) is 0.0694. The Kier molecular flexibility index (Phi) is 4.86. The van der Waals surface area contributed by atoms with E-state index in [1.165, 1.54) is 12.1 Å². The Bertz CT molecular complexity index is 807. The molecule has 0 radical (unpaired) electrons. The van der Waals surface area contributed by atoms with Gasteiger partial charge in [0.05, 0.1) is 10.6 Å². The van der Waals surface area contributed by atoms with Crippen LogP contribution in [0.3, 0.4) is 0 Å². The molecule has 0 unspecified atom stereocenters. The van der Waals surface area contributed by atoms with Crippen LogP contribution in [0.25, 0.3) is 0 Å². The number of aliphatic hydroxyl groups is 1. The van der Waals surface area contributed by atoms with Crippen molar-refractivity contribution in [3.8, 4) is 11.8 Å². The highest BCUT2D eigenvalue weighted by molar-refractivity contribution is 7.92. The number of anilines is 1. The number of aliphatic hydroxyl groups excluding tert-OH is 1. The molecule has 21 heavy (non-hydrogen) atoms. The van der Waals surface area contributed by atoms with Gasteiger partial charge in [0, 0.05) is 10.6 Å². The summed E-state index contributed by atoms with van der Waals surface area (Å²) in [5, 5.41) is 9.07. The number of para-hydroxylation sites is 1. The maximum Gasteiger partial charge on any atom is 0.261 e. The quantitative estimate of drug-likeness (QED) is 0.854. The largest absolute Gasteiger partial charge is 0.384 e. The molecule has 4 nitrogen and oxygen atoms in total. The highest BCUT2D eigenvalue weighted by Crippen LogP contribution is 2.21. The van der Waals surface area contributed by atoms with Crippen molar-refractivity contribution >= 4 is 27.3 Å². The molecular weight excluding hydrogens is 310 g/mol. The first-order valence-electron chi connectivity index (χ1n) is 6.00. The fraction of sp³-hybridized carbons (Fsp3) is 0.0667. The Morgan fingerprint density at radius 1 is 1.14 bits per heavy atom. The molecule has 2 N–H and O–H groups in total. The lowest BCUT2D eigenvalue weighted by molar-refractivity contribution is 0.350. The van der Waals surface area contributed by atoms with E-state index in [-0.39, 0.29) is 11.5 Å². The van der Waals surface area contributed by atoms with Gasteiger partial charge in [0.15, 0.2) is 0 Å². The number of nitrogens with one attached hydrogen (secondary N) is 1. The maximum atomic E-state index is 12.3. The summed E-state index contributed by atoms with van der Waals surface area (Å²) in [6.07, 6.45) is 0. The first-order chi connectivity index (χ1) is 10.0. The highest BCUT2D eigenvalue weighted by Gasteiger charge is 2.15. The Balaban J connectivity index is 2.38. The average Bonchev–Trinajstić information content (AvgIpc) is 2.46. The van der Waals surface area contributed by atoms with Gasteiger partial charge in [-0.3, -0.25) is 4.72 Å². The Labute approximate surface area is 128 Å². The molecule has 0 amide bonds. The number of sulfonamides is 1. The summed E-state index contributed by atoms with van der Waals surface area (Å²) in [6, 6.07) is 12.7. The van der Waals surface area contributed by atoms with E-state index in [4.69, 9.17) is 16.7 Å². The summed E-state index contributed by atoms with van der Waals surface area (Å²) < 4.78 is 27.1. The van der Waals surface area contributed by atoms with E-state index in [0.717, 1.165) is 0 Å². The normalized spacial score (nSPS) is 10.6. The summed E-state index contributed by atoms with van der Waals surface area (Å²) >= 11 is 5.81. The van der Waals surface area contributed by atoms with Gasteiger partial charge >= 0.3 is 0 Å². The molecule has 2 aromatic carbocycles. The lowest BCUT2D eigenvalue weighted by Gasteiger charge is -2.10. The fourth-order valence-corrected chi connectivity index (χ4v) is 3.03. The summed E-state index contributed by atoms with van der Waals surface area (Å²) in [5.41, 5.74) is 0.829. The van der Waals surface area contributed by atoms with Crippen molar-refractivity contribution in [3.63, 3.8) is 0 Å². The maximum absolute atomic E-state index is 12.3. The summed E-state index contributed by atoms with van der Waals surface area (Å²) in [7, 11) is -3.75. The molecule has 2 aromatic rings. The zero-order valence-electron chi connectivity index (χ0n) is 10.9. The van der Waals surface area contributed by atoms with Crippen LogP contribution in [0.1, 0.15) is 5.56 Å². The van der Waals surface area contributed by atoms with E-state index in [1.807, 2.05) is 0 Å². The van der Waals surface area contributed by atoms with E-state index < -0.39 is 10.0 Å². The van der Waals surface area contributed by atoms with E-state index in [2.05, 4.69) is 16.6 Å². The van der Waals surface area contributed by atoms with Crippen molar-refractivity contribution in [2.75, 3.05) is 11.3 Å². The van der Waals surface area contributed by atoms with Crippen LogP contribution in [0.15, 0.2) is 53.4 Å². The third-order valence-electron chi connectivity index (χ3n) is 2.58. The smallest absolute Gasteiger partial charge is 0.261 e. The molecule has 0 bridgehead atoms. The van der Waals surface area contributed by atoms with Crippen LogP contribution in [0.5, 0.6) is 0 Å². The molecule has 0 atom stereocenters. The predicted molar refractivity (Wildman–Crippen MR) is 82.7 cm³/mol. The molecule has 0 fully saturated rings. The molecule has 0 aliphatic carbocycles. The molecule has 6 heteroatoms. The second-order valence-corrected chi connectivity index (χ2v) is 6.19. The van der Waals surface area contributed by atoms with Crippen LogP contribution in [-0.4, -0.2) is 20.1 Å². The lowest BCUT2D eigenvalue weighted by Crippen LogP contribution is -2.13. The molecule has 0 aliphatic rings. The molecule has 0 saturated carbocycles. The van der Waals surface area contributed by atoms with Crippen molar-refractivity contribution in [3.05, 3.63) is 59.1 Å². The molecular formula is C15H12ClNO3S. The monoisotopic (exact) mass is 321 g/mol. The standard InChI is InChI=1S/C15H12ClNO3S/c16-13-7-3-8-14(11-13)21(19,20)17-15-9-2-1-5-12(15)6-4-10-18/h1-3,5,7-9,11,17-18H,10H2. The minimum Gasteiger partial charge on any atom is -0.384 e. The van der Waals surface area contributed by atoms with Gasteiger partial charge < -0.3 is 5.11 Å². The first-order valence-corrected chi connectivity index (χ1v) is 7.86. The predicted octanol–water partition coefficient (Wildman–Crippen LogP) is 2.48. The van der Waals surface area contributed by atoms with Crippen molar-refractivity contribution in [1.29, 1.82) is 0 Å². The molecule has 0 aliphatic heterocycles. The zero-order chi connectivity index (χ0) is 15.3. The van der Waals surface area contributed by atoms with Gasteiger partial charge in [0.2, 0.25) is 0 Å². The fourth-order valence-electron chi connectivity index (χ4n) is 1.65. The van der Waals surface area contributed by atoms with Crippen molar-refractivity contribution in [2.45, 2.75) is 4.90 Å². The van der Waals surface area contributed by atoms with E-state index in [0.29, 0.717) is 16.3 Å². The number of hydrogen-bond acceptors (Lipinski definition) is 3.